The van der Waals surface area contributed by atoms with E-state index in [1.54, 1.807) is 18.2 Å². The van der Waals surface area contributed by atoms with E-state index in [-0.39, 0.29) is 29.3 Å². The molecule has 2 unspecified atom stereocenters. The molecule has 6 heteroatoms. The van der Waals surface area contributed by atoms with E-state index in [0.29, 0.717) is 0 Å². The summed E-state index contributed by atoms with van der Waals surface area (Å²) in [6, 6.07) is 6.56. The first-order chi connectivity index (χ1) is 10.2. The Bertz CT molecular complexity index is 510. The third-order valence-electron chi connectivity index (χ3n) is 4.22. The number of amides is 1. The summed E-state index contributed by atoms with van der Waals surface area (Å²) < 4.78 is 29.4. The number of fused-ring (bicyclic) bond motifs is 2. The van der Waals surface area contributed by atoms with Crippen molar-refractivity contribution in [3.63, 3.8) is 0 Å². The fraction of sp³-hybridized carbons (Fsp3) is 0.533. The lowest BCUT2D eigenvalue weighted by Gasteiger charge is -2.28. The van der Waals surface area contributed by atoms with Crippen molar-refractivity contribution in [2.24, 2.45) is 0 Å². The smallest absolute Gasteiger partial charge is 0.387 e. The monoisotopic (exact) mass is 296 g/mol. The predicted octanol–water partition coefficient (Wildman–Crippen LogP) is 2.25. The fourth-order valence-corrected chi connectivity index (χ4v) is 3.30. The van der Waals surface area contributed by atoms with Crippen LogP contribution in [0.5, 0.6) is 5.75 Å². The third kappa shape index (κ3) is 2.85. The molecule has 2 aliphatic heterocycles. The minimum absolute atomic E-state index is 0.0471. The van der Waals surface area contributed by atoms with Crippen LogP contribution in [0.1, 0.15) is 29.6 Å². The Kier molecular flexibility index (Phi) is 4.05. The van der Waals surface area contributed by atoms with Crippen LogP contribution < -0.4 is 10.1 Å². The number of hydrogen-bond donors (Lipinski definition) is 1. The van der Waals surface area contributed by atoms with Crippen molar-refractivity contribution in [2.75, 3.05) is 13.1 Å². The first kappa shape index (κ1) is 14.3. The van der Waals surface area contributed by atoms with Gasteiger partial charge in [-0.25, -0.2) is 0 Å². The van der Waals surface area contributed by atoms with Gasteiger partial charge in [-0.15, -0.1) is 0 Å². The van der Waals surface area contributed by atoms with Crippen molar-refractivity contribution < 1.29 is 18.3 Å². The van der Waals surface area contributed by atoms with Crippen LogP contribution in [0.15, 0.2) is 24.3 Å². The Balaban J connectivity index is 1.88. The number of rotatable bonds is 3. The Morgan fingerprint density at radius 1 is 1.24 bits per heavy atom. The van der Waals surface area contributed by atoms with Gasteiger partial charge in [0, 0.05) is 18.6 Å². The van der Waals surface area contributed by atoms with Gasteiger partial charge >= 0.3 is 6.61 Å². The molecule has 3 rings (SSSR count). The lowest BCUT2D eigenvalue weighted by molar-refractivity contribution is -0.0503. The van der Waals surface area contributed by atoms with E-state index in [1.165, 1.54) is 6.07 Å². The largest absolute Gasteiger partial charge is 0.434 e. The number of carbonyl (C=O) groups excluding carboxylic acids is 1. The molecular weight excluding hydrogens is 278 g/mol. The lowest BCUT2D eigenvalue weighted by atomic mass is 10.1. The highest BCUT2D eigenvalue weighted by Crippen LogP contribution is 2.32. The maximum Gasteiger partial charge on any atom is 0.387 e. The summed E-state index contributed by atoms with van der Waals surface area (Å²) in [5, 5.41) is 3.32. The lowest BCUT2D eigenvalue weighted by Crippen LogP contribution is -2.42. The molecule has 21 heavy (non-hydrogen) atoms. The number of benzene rings is 1. The van der Waals surface area contributed by atoms with Gasteiger partial charge in [0.15, 0.2) is 0 Å². The van der Waals surface area contributed by atoms with Gasteiger partial charge < -0.3 is 15.0 Å². The minimum Gasteiger partial charge on any atom is -0.434 e. The number of halogens is 2. The van der Waals surface area contributed by atoms with Gasteiger partial charge in [0.2, 0.25) is 0 Å². The highest BCUT2D eigenvalue weighted by molar-refractivity contribution is 5.97. The van der Waals surface area contributed by atoms with E-state index >= 15 is 0 Å². The molecule has 2 aliphatic rings. The van der Waals surface area contributed by atoms with E-state index < -0.39 is 6.61 Å². The van der Waals surface area contributed by atoms with E-state index in [4.69, 9.17) is 0 Å². The van der Waals surface area contributed by atoms with Gasteiger partial charge in [-0.2, -0.15) is 8.78 Å². The molecule has 2 atom stereocenters. The Labute approximate surface area is 122 Å². The molecule has 1 aromatic rings. The maximum atomic E-state index is 12.8. The van der Waals surface area contributed by atoms with Crippen LogP contribution in [0.25, 0.3) is 0 Å². The highest BCUT2D eigenvalue weighted by Gasteiger charge is 2.39. The molecule has 2 bridgehead atoms. The molecule has 0 aliphatic carbocycles. The number of hydrogen-bond acceptors (Lipinski definition) is 3. The van der Waals surface area contributed by atoms with Crippen LogP contribution in [0.3, 0.4) is 0 Å². The highest BCUT2D eigenvalue weighted by atomic mass is 19.3. The average molecular weight is 296 g/mol. The molecule has 1 aromatic carbocycles. The Hall–Kier alpha value is -1.69. The first-order valence-corrected chi connectivity index (χ1v) is 7.24. The molecule has 2 heterocycles. The number of para-hydroxylation sites is 1. The summed E-state index contributed by atoms with van der Waals surface area (Å²) in [6.45, 7) is -1.28. The number of nitrogens with one attached hydrogen (secondary N) is 1. The van der Waals surface area contributed by atoms with Crippen molar-refractivity contribution in [1.29, 1.82) is 0 Å². The average Bonchev–Trinajstić information content (AvgIpc) is 2.71. The van der Waals surface area contributed by atoms with Gasteiger partial charge in [0.05, 0.1) is 5.56 Å². The molecule has 4 nitrogen and oxygen atoms in total. The maximum absolute atomic E-state index is 12.8. The van der Waals surface area contributed by atoms with E-state index in [2.05, 4.69) is 10.1 Å². The standard InChI is InChI=1S/C15H18F2N2O2/c16-15(17)21-13-4-2-1-3-12(13)14(20)19-10-5-6-11(19)9-18-8-7-10/h1-4,10-11,15,18H,5-9H2. The topological polar surface area (TPSA) is 41.6 Å². The zero-order valence-corrected chi connectivity index (χ0v) is 11.6. The third-order valence-corrected chi connectivity index (χ3v) is 4.22. The minimum atomic E-state index is -2.93. The quantitative estimate of drug-likeness (QED) is 0.930. The number of alkyl halides is 2. The van der Waals surface area contributed by atoms with Gasteiger partial charge in [0.25, 0.3) is 5.91 Å². The summed E-state index contributed by atoms with van der Waals surface area (Å²) in [6.07, 6.45) is 2.84. The van der Waals surface area contributed by atoms with Crippen molar-refractivity contribution in [1.82, 2.24) is 10.2 Å². The van der Waals surface area contributed by atoms with Crippen LogP contribution in [0.2, 0.25) is 0 Å². The SMILES string of the molecule is O=C(c1ccccc1OC(F)F)N1C2CCNCC1CC2. The van der Waals surface area contributed by atoms with Crippen molar-refractivity contribution in [3.8, 4) is 5.75 Å². The number of carbonyl (C=O) groups is 1. The second kappa shape index (κ2) is 5.97. The van der Waals surface area contributed by atoms with Crippen LogP contribution in [-0.2, 0) is 0 Å². The van der Waals surface area contributed by atoms with Crippen LogP contribution in [0, 0.1) is 0 Å². The Morgan fingerprint density at radius 2 is 2.00 bits per heavy atom. The van der Waals surface area contributed by atoms with E-state index in [1.807, 2.05) is 4.90 Å². The summed E-state index contributed by atoms with van der Waals surface area (Å²) in [7, 11) is 0. The second-order valence-electron chi connectivity index (χ2n) is 5.46. The van der Waals surface area contributed by atoms with Crippen molar-refractivity contribution >= 4 is 5.91 Å². The van der Waals surface area contributed by atoms with Crippen molar-refractivity contribution in [2.45, 2.75) is 38.0 Å². The zero-order valence-electron chi connectivity index (χ0n) is 11.6. The molecule has 1 N–H and O–H groups in total. The number of ether oxygens (including phenoxy) is 1. The molecule has 0 spiro atoms. The predicted molar refractivity (Wildman–Crippen MR) is 73.5 cm³/mol. The summed E-state index contributed by atoms with van der Waals surface area (Å²) >= 11 is 0. The molecular formula is C15H18F2N2O2. The van der Waals surface area contributed by atoms with Crippen LogP contribution in [-0.4, -0.2) is 42.6 Å². The molecule has 0 saturated carbocycles. The zero-order chi connectivity index (χ0) is 14.8. The molecule has 0 aromatic heterocycles. The van der Waals surface area contributed by atoms with Crippen LogP contribution >= 0.6 is 0 Å². The molecule has 0 radical (unpaired) electrons. The van der Waals surface area contributed by atoms with E-state index in [0.717, 1.165) is 32.4 Å². The molecule has 2 saturated heterocycles. The van der Waals surface area contributed by atoms with E-state index in [9.17, 15) is 13.6 Å². The Morgan fingerprint density at radius 3 is 2.81 bits per heavy atom. The second-order valence-corrected chi connectivity index (χ2v) is 5.46. The fourth-order valence-electron chi connectivity index (χ4n) is 3.30. The summed E-state index contributed by atoms with van der Waals surface area (Å²) in [5.74, 6) is -0.253. The molecule has 1 amide bonds. The summed E-state index contributed by atoms with van der Waals surface area (Å²) in [4.78, 5) is 14.6. The van der Waals surface area contributed by atoms with Gasteiger partial charge in [-0.3, -0.25) is 4.79 Å². The molecule has 2 fully saturated rings. The summed E-state index contributed by atoms with van der Waals surface area (Å²) in [5.41, 5.74) is 0.219. The van der Waals surface area contributed by atoms with Gasteiger partial charge in [-0.1, -0.05) is 12.1 Å². The normalized spacial score (nSPS) is 25.0. The number of nitrogens with zero attached hydrogens (tertiary/aromatic N) is 1. The van der Waals surface area contributed by atoms with Gasteiger partial charge in [-0.05, 0) is 37.9 Å². The van der Waals surface area contributed by atoms with Crippen LogP contribution in [0.4, 0.5) is 8.78 Å². The first-order valence-electron chi connectivity index (χ1n) is 7.24. The molecule has 114 valence electrons. The van der Waals surface area contributed by atoms with Crippen molar-refractivity contribution in [3.05, 3.63) is 29.8 Å². The van der Waals surface area contributed by atoms with Gasteiger partial charge in [0.1, 0.15) is 5.75 Å².